The van der Waals surface area contributed by atoms with E-state index in [9.17, 15) is 38.7 Å². The van der Waals surface area contributed by atoms with Crippen LogP contribution in [-0.4, -0.2) is 87.8 Å². The molecule has 15 nitrogen and oxygen atoms in total. The number of thiol groups is 1. The van der Waals surface area contributed by atoms with Gasteiger partial charge in [0, 0.05) is 12.8 Å². The van der Waals surface area contributed by atoms with E-state index in [4.69, 9.17) is 10.8 Å². The Hall–Kier alpha value is -2.76. The van der Waals surface area contributed by atoms with E-state index in [0.29, 0.717) is 19.1 Å². The van der Waals surface area contributed by atoms with Crippen molar-refractivity contribution in [3.05, 3.63) is 0 Å². The van der Waals surface area contributed by atoms with E-state index in [1.807, 2.05) is 27.7 Å². The average molecular weight is 605 g/mol. The van der Waals surface area contributed by atoms with Gasteiger partial charge >= 0.3 is 5.97 Å². The minimum absolute atomic E-state index is 0.0740. The highest BCUT2D eigenvalue weighted by molar-refractivity contribution is 7.96. The number of nitrogens with one attached hydrogen (secondary N) is 5. The number of hydrogen-bond acceptors (Lipinski definition) is 12. The molecule has 2 amide bonds. The van der Waals surface area contributed by atoms with E-state index in [-0.39, 0.29) is 31.1 Å². The van der Waals surface area contributed by atoms with Crippen LogP contribution in [-0.2, 0) is 33.6 Å². The number of rotatable bonds is 24. The predicted octanol–water partition coefficient (Wildman–Crippen LogP) is -1.86. The van der Waals surface area contributed by atoms with Gasteiger partial charge in [0.15, 0.2) is 0 Å². The Morgan fingerprint density at radius 2 is 1.27 bits per heavy atom. The van der Waals surface area contributed by atoms with Gasteiger partial charge in [0.2, 0.25) is 28.5 Å². The van der Waals surface area contributed by atoms with Crippen LogP contribution in [0.25, 0.3) is 0 Å². The number of nitrogens with two attached hydrogens (primary N) is 1. The van der Waals surface area contributed by atoms with E-state index in [1.54, 1.807) is 0 Å². The number of aliphatic hydroxyl groups is 1. The van der Waals surface area contributed by atoms with Crippen molar-refractivity contribution in [3.63, 3.8) is 0 Å². The first-order valence-corrected chi connectivity index (χ1v) is 13.8. The molecule has 0 bridgehead atoms. The molecular weight excluding hydrogens is 560 g/mol. The van der Waals surface area contributed by atoms with Gasteiger partial charge in [-0.25, -0.2) is 21.7 Å². The van der Waals surface area contributed by atoms with Crippen molar-refractivity contribution in [2.75, 3.05) is 6.61 Å². The number of hydrazine groups is 2. The number of ketones is 2. The van der Waals surface area contributed by atoms with Crippen LogP contribution < -0.4 is 32.8 Å². The largest absolute Gasteiger partial charge is 0.481 e. The number of carboxylic acid groups (broad SMARTS) is 1. The summed E-state index contributed by atoms with van der Waals surface area (Å²) in [4.78, 5) is 84.6. The Morgan fingerprint density at radius 3 is 1.73 bits per heavy atom. The van der Waals surface area contributed by atoms with Gasteiger partial charge in [-0.05, 0) is 37.5 Å². The van der Waals surface area contributed by atoms with E-state index in [2.05, 4.69) is 39.6 Å². The van der Waals surface area contributed by atoms with Crippen LogP contribution in [0, 0.1) is 11.8 Å². The summed E-state index contributed by atoms with van der Waals surface area (Å²) < 4.78 is 0. The van der Waals surface area contributed by atoms with Gasteiger partial charge in [-0.2, -0.15) is 0 Å². The van der Waals surface area contributed by atoms with E-state index >= 15 is 0 Å². The Kier molecular flexibility index (Phi) is 18.8. The van der Waals surface area contributed by atoms with Gasteiger partial charge in [-0.15, -0.1) is 12.6 Å². The number of Topliss-reactive ketones (excluding diaryl/α,β-unsaturated/α-hetero) is 2. The van der Waals surface area contributed by atoms with E-state index in [1.165, 1.54) is 0 Å². The SMILES string of the molecule is CC(C)C[C@@H](C=O)NC(=O)[C@H](CCC(=O)O)NN[C@@H](CCC(N)=O)C(=O)C(=O)[C@H](CO)NN[C@@H](CC(C)C)C(=O)S. The molecule has 0 aromatic heterocycles. The fourth-order valence-corrected chi connectivity index (χ4v) is 3.83. The Bertz CT molecular complexity index is 918. The molecule has 41 heavy (non-hydrogen) atoms. The van der Waals surface area contributed by atoms with Crippen LogP contribution in [0.3, 0.4) is 0 Å². The maximum absolute atomic E-state index is 13.1. The fraction of sp³-hybridized carbons (Fsp3) is 0.720. The van der Waals surface area contributed by atoms with Crippen molar-refractivity contribution >= 4 is 53.4 Å². The van der Waals surface area contributed by atoms with Gasteiger partial charge in [0.1, 0.15) is 18.4 Å². The quantitative estimate of drug-likeness (QED) is 0.0254. The second-order valence-electron chi connectivity index (χ2n) is 10.5. The summed E-state index contributed by atoms with van der Waals surface area (Å²) in [6.45, 7) is 6.59. The Labute approximate surface area is 244 Å². The van der Waals surface area contributed by atoms with Crippen molar-refractivity contribution in [1.82, 2.24) is 27.0 Å². The highest BCUT2D eigenvalue weighted by Crippen LogP contribution is 2.08. The van der Waals surface area contributed by atoms with Crippen molar-refractivity contribution in [3.8, 4) is 0 Å². The Balaban J connectivity index is 5.72. The lowest BCUT2D eigenvalue weighted by atomic mass is 9.99. The molecule has 0 saturated heterocycles. The lowest BCUT2D eigenvalue weighted by Crippen LogP contribution is -2.60. The van der Waals surface area contributed by atoms with Crippen molar-refractivity contribution < 1.29 is 43.8 Å². The van der Waals surface area contributed by atoms with Gasteiger partial charge in [-0.3, -0.25) is 28.8 Å². The summed E-state index contributed by atoms with van der Waals surface area (Å²) in [5, 5.41) is 20.8. The number of aliphatic carboxylic acids is 1. The monoisotopic (exact) mass is 604 g/mol. The lowest BCUT2D eigenvalue weighted by Gasteiger charge is -2.26. The van der Waals surface area contributed by atoms with Crippen LogP contribution in [0.15, 0.2) is 0 Å². The smallest absolute Gasteiger partial charge is 0.303 e. The Morgan fingerprint density at radius 1 is 0.780 bits per heavy atom. The van der Waals surface area contributed by atoms with E-state index < -0.39 is 77.7 Å². The molecule has 0 aliphatic rings. The van der Waals surface area contributed by atoms with Crippen LogP contribution >= 0.6 is 12.6 Å². The highest BCUT2D eigenvalue weighted by atomic mass is 32.1. The summed E-state index contributed by atoms with van der Waals surface area (Å²) in [6, 6.07) is -5.79. The standard InChI is InChI=1S/C25H44N6O9S/c1-13(2)9-15(11-32)27-24(39)17(6-8-21(35)36)29-28-16(5-7-20(26)34)22(37)23(38)19(12-33)31-30-18(25(40)41)10-14(3)4/h11,13-19,28-31,33H,5-10,12H2,1-4H3,(H2,26,34)(H,27,39)(H,35,36)(H,40,41)/t15-,16-,17-,18-,19-/m0/s1. The first-order valence-electron chi connectivity index (χ1n) is 13.3. The maximum atomic E-state index is 13.1. The number of aliphatic hydroxyl groups excluding tert-OH is 1. The number of carboxylic acids is 1. The molecule has 0 aliphatic carbocycles. The summed E-state index contributed by atoms with van der Waals surface area (Å²) in [7, 11) is 0. The van der Waals surface area contributed by atoms with Crippen LogP contribution in [0.4, 0.5) is 0 Å². The molecule has 234 valence electrons. The number of primary amides is 1. The average Bonchev–Trinajstić information content (AvgIpc) is 2.87. The second-order valence-corrected chi connectivity index (χ2v) is 10.9. The zero-order chi connectivity index (χ0) is 31.7. The molecule has 0 unspecified atom stereocenters. The minimum Gasteiger partial charge on any atom is -0.481 e. The number of carbonyl (C=O) groups excluding carboxylic acids is 6. The molecule has 0 heterocycles. The zero-order valence-electron chi connectivity index (χ0n) is 23.8. The molecular formula is C25H44N6O9S. The number of amides is 2. The van der Waals surface area contributed by atoms with Crippen LogP contribution in [0.5, 0.6) is 0 Å². The highest BCUT2D eigenvalue weighted by Gasteiger charge is 2.33. The number of aldehydes is 1. The molecule has 9 N–H and O–H groups in total. The molecule has 0 fully saturated rings. The topological polar surface area (TPSA) is 246 Å². The van der Waals surface area contributed by atoms with Crippen molar-refractivity contribution in [1.29, 1.82) is 0 Å². The maximum Gasteiger partial charge on any atom is 0.303 e. The summed E-state index contributed by atoms with van der Waals surface area (Å²) in [6.07, 6.45) is -0.0437. The van der Waals surface area contributed by atoms with Gasteiger partial charge in [0.05, 0.1) is 24.7 Å². The summed E-state index contributed by atoms with van der Waals surface area (Å²) >= 11 is 3.80. The van der Waals surface area contributed by atoms with Crippen LogP contribution in [0.1, 0.15) is 66.2 Å². The molecule has 0 spiro atoms. The molecule has 0 aromatic carbocycles. The molecule has 0 rings (SSSR count). The molecule has 0 saturated carbocycles. The fourth-order valence-electron chi connectivity index (χ4n) is 3.66. The third kappa shape index (κ3) is 16.3. The van der Waals surface area contributed by atoms with Crippen molar-refractivity contribution in [2.24, 2.45) is 17.6 Å². The third-order valence-electron chi connectivity index (χ3n) is 5.79. The van der Waals surface area contributed by atoms with Gasteiger partial charge in [0.25, 0.3) is 0 Å². The molecule has 5 atom stereocenters. The summed E-state index contributed by atoms with van der Waals surface area (Å²) in [5.41, 5.74) is 15.3. The molecule has 16 heteroatoms. The lowest BCUT2D eigenvalue weighted by molar-refractivity contribution is -0.140. The van der Waals surface area contributed by atoms with Crippen LogP contribution in [0.2, 0.25) is 0 Å². The van der Waals surface area contributed by atoms with Gasteiger partial charge < -0.3 is 26.1 Å². The predicted molar refractivity (Wildman–Crippen MR) is 151 cm³/mol. The number of hydrogen-bond donors (Lipinski definition) is 9. The normalized spacial score (nSPS) is 15.0. The second kappa shape index (κ2) is 20.2. The van der Waals surface area contributed by atoms with Gasteiger partial charge in [-0.1, -0.05) is 27.7 Å². The third-order valence-corrected chi connectivity index (χ3v) is 6.10. The molecule has 0 aromatic rings. The first-order chi connectivity index (χ1) is 19.1. The number of carbonyl (C=O) groups is 7. The minimum atomic E-state index is -1.47. The zero-order valence-corrected chi connectivity index (χ0v) is 24.7. The molecule has 0 radical (unpaired) electrons. The molecule has 0 aliphatic heterocycles. The van der Waals surface area contributed by atoms with Crippen molar-refractivity contribution in [2.45, 2.75) is 96.4 Å². The summed E-state index contributed by atoms with van der Waals surface area (Å²) in [5.74, 6) is -4.74. The van der Waals surface area contributed by atoms with E-state index in [0.717, 1.165) is 0 Å². The first kappa shape index (κ1) is 38.2.